The van der Waals surface area contributed by atoms with E-state index in [4.69, 9.17) is 15.3 Å². The highest BCUT2D eigenvalue weighted by molar-refractivity contribution is 5.55. The number of anilines is 1. The molecule has 0 saturated carbocycles. The highest BCUT2D eigenvalue weighted by atomic mass is 19.4. The molecule has 0 unspecified atom stereocenters. The summed E-state index contributed by atoms with van der Waals surface area (Å²) in [6.07, 6.45) is -3.32. The van der Waals surface area contributed by atoms with Crippen LogP contribution < -0.4 is 20.7 Å². The summed E-state index contributed by atoms with van der Waals surface area (Å²) in [5.74, 6) is 5.38. The minimum atomic E-state index is -4.46. The van der Waals surface area contributed by atoms with Gasteiger partial charge in [-0.3, -0.25) is 0 Å². The van der Waals surface area contributed by atoms with Crippen molar-refractivity contribution in [2.45, 2.75) is 6.18 Å². The van der Waals surface area contributed by atoms with Gasteiger partial charge in [-0.1, -0.05) is 6.07 Å². The third-order valence-corrected chi connectivity index (χ3v) is 2.49. The highest BCUT2D eigenvalue weighted by Gasteiger charge is 2.30. The first-order valence-corrected chi connectivity index (χ1v) is 5.66. The molecule has 2 aromatic rings. The number of nitrogens with one attached hydrogen (secondary N) is 1. The van der Waals surface area contributed by atoms with Gasteiger partial charge in [0.25, 0.3) is 5.88 Å². The molecule has 0 aliphatic heterocycles. The van der Waals surface area contributed by atoms with E-state index in [1.165, 1.54) is 19.2 Å². The van der Waals surface area contributed by atoms with Crippen LogP contribution in [-0.4, -0.2) is 17.1 Å². The number of hydrazine groups is 1. The zero-order chi connectivity index (χ0) is 15.5. The zero-order valence-corrected chi connectivity index (χ0v) is 10.8. The minimum absolute atomic E-state index is 0.0372. The molecular formula is C12H11F3N4O2. The fourth-order valence-electron chi connectivity index (χ4n) is 1.56. The Morgan fingerprint density at radius 3 is 2.62 bits per heavy atom. The van der Waals surface area contributed by atoms with Gasteiger partial charge in [0.05, 0.1) is 12.7 Å². The van der Waals surface area contributed by atoms with Crippen LogP contribution in [0.25, 0.3) is 0 Å². The summed E-state index contributed by atoms with van der Waals surface area (Å²) < 4.78 is 48.2. The Labute approximate surface area is 117 Å². The van der Waals surface area contributed by atoms with Crippen molar-refractivity contribution in [1.29, 1.82) is 0 Å². The number of nitrogen functional groups attached to an aromatic ring is 1. The van der Waals surface area contributed by atoms with Gasteiger partial charge in [0.2, 0.25) is 5.75 Å². The van der Waals surface area contributed by atoms with Gasteiger partial charge in [-0.15, -0.1) is 0 Å². The molecule has 112 valence electrons. The number of hydrogen-bond donors (Lipinski definition) is 2. The van der Waals surface area contributed by atoms with Gasteiger partial charge < -0.3 is 14.9 Å². The van der Waals surface area contributed by atoms with Crippen LogP contribution >= 0.6 is 0 Å². The molecule has 0 fully saturated rings. The van der Waals surface area contributed by atoms with E-state index in [2.05, 4.69) is 15.4 Å². The van der Waals surface area contributed by atoms with Crippen LogP contribution in [0.4, 0.5) is 19.0 Å². The molecule has 0 bridgehead atoms. The number of alkyl halides is 3. The van der Waals surface area contributed by atoms with Crippen LogP contribution in [0.15, 0.2) is 30.6 Å². The standard InChI is InChI=1S/C12H11F3N4O2/c1-20-9-10(19-16)17-6-18-11(9)21-8-4-2-3-7(5-8)12(13,14)15/h2-6H,16H2,1H3,(H,17,18,19). The van der Waals surface area contributed by atoms with Gasteiger partial charge in [-0.2, -0.15) is 18.2 Å². The van der Waals surface area contributed by atoms with Crippen LogP contribution in [0.2, 0.25) is 0 Å². The van der Waals surface area contributed by atoms with Crippen molar-refractivity contribution in [3.8, 4) is 17.4 Å². The molecule has 2 rings (SSSR count). The van der Waals surface area contributed by atoms with Gasteiger partial charge in [0.15, 0.2) is 5.82 Å². The summed E-state index contributed by atoms with van der Waals surface area (Å²) in [7, 11) is 1.33. The van der Waals surface area contributed by atoms with Crippen molar-refractivity contribution >= 4 is 5.82 Å². The second-order valence-corrected chi connectivity index (χ2v) is 3.83. The molecule has 0 aliphatic carbocycles. The van der Waals surface area contributed by atoms with Crippen molar-refractivity contribution < 1.29 is 22.6 Å². The third-order valence-electron chi connectivity index (χ3n) is 2.49. The predicted octanol–water partition coefficient (Wildman–Crippen LogP) is 2.58. The molecule has 0 saturated heterocycles. The van der Waals surface area contributed by atoms with Crippen LogP contribution in [0.3, 0.4) is 0 Å². The topological polar surface area (TPSA) is 82.3 Å². The van der Waals surface area contributed by atoms with E-state index in [-0.39, 0.29) is 23.2 Å². The lowest BCUT2D eigenvalue weighted by molar-refractivity contribution is -0.137. The number of ether oxygens (including phenoxy) is 2. The first-order chi connectivity index (χ1) is 9.95. The van der Waals surface area contributed by atoms with Gasteiger partial charge in [0.1, 0.15) is 12.1 Å². The molecule has 0 atom stereocenters. The molecule has 0 radical (unpaired) electrons. The lowest BCUT2D eigenvalue weighted by Gasteiger charge is -2.12. The summed E-state index contributed by atoms with van der Waals surface area (Å²) >= 11 is 0. The van der Waals surface area contributed by atoms with Crippen molar-refractivity contribution in [2.24, 2.45) is 5.84 Å². The zero-order valence-electron chi connectivity index (χ0n) is 10.8. The lowest BCUT2D eigenvalue weighted by atomic mass is 10.2. The van der Waals surface area contributed by atoms with Crippen LogP contribution in [-0.2, 0) is 6.18 Å². The molecule has 6 nitrogen and oxygen atoms in total. The fourth-order valence-corrected chi connectivity index (χ4v) is 1.56. The second-order valence-electron chi connectivity index (χ2n) is 3.83. The molecule has 1 aromatic carbocycles. The average Bonchev–Trinajstić information content (AvgIpc) is 2.46. The molecular weight excluding hydrogens is 289 g/mol. The minimum Gasteiger partial charge on any atom is -0.489 e. The van der Waals surface area contributed by atoms with Crippen molar-refractivity contribution in [2.75, 3.05) is 12.5 Å². The van der Waals surface area contributed by atoms with E-state index in [0.29, 0.717) is 0 Å². The summed E-state index contributed by atoms with van der Waals surface area (Å²) in [4.78, 5) is 7.61. The smallest absolute Gasteiger partial charge is 0.416 e. The van der Waals surface area contributed by atoms with Gasteiger partial charge in [-0.25, -0.2) is 10.8 Å². The monoisotopic (exact) mass is 300 g/mol. The molecule has 0 aliphatic rings. The normalized spacial score (nSPS) is 11.1. The number of nitrogens with two attached hydrogens (primary N) is 1. The maximum Gasteiger partial charge on any atom is 0.416 e. The Morgan fingerprint density at radius 2 is 2.00 bits per heavy atom. The maximum absolute atomic E-state index is 12.6. The first-order valence-electron chi connectivity index (χ1n) is 5.66. The van der Waals surface area contributed by atoms with E-state index in [1.807, 2.05) is 0 Å². The highest BCUT2D eigenvalue weighted by Crippen LogP contribution is 2.36. The lowest BCUT2D eigenvalue weighted by Crippen LogP contribution is -2.11. The molecule has 0 amide bonds. The summed E-state index contributed by atoms with van der Waals surface area (Å²) in [6, 6.07) is 4.40. The largest absolute Gasteiger partial charge is 0.489 e. The van der Waals surface area contributed by atoms with E-state index < -0.39 is 11.7 Å². The Bertz CT molecular complexity index is 634. The summed E-state index contributed by atoms with van der Waals surface area (Å²) in [6.45, 7) is 0. The molecule has 3 N–H and O–H groups in total. The van der Waals surface area contributed by atoms with Crippen molar-refractivity contribution in [3.05, 3.63) is 36.2 Å². The number of methoxy groups -OCH3 is 1. The Balaban J connectivity index is 2.35. The maximum atomic E-state index is 12.6. The molecule has 1 heterocycles. The van der Waals surface area contributed by atoms with Gasteiger partial charge in [-0.05, 0) is 18.2 Å². The Hall–Kier alpha value is -2.55. The fraction of sp³-hybridized carbons (Fsp3) is 0.167. The number of halogens is 3. The summed E-state index contributed by atoms with van der Waals surface area (Å²) in [5, 5.41) is 0. The van der Waals surface area contributed by atoms with Crippen LogP contribution in [0.1, 0.15) is 5.56 Å². The van der Waals surface area contributed by atoms with E-state index in [1.54, 1.807) is 0 Å². The number of benzene rings is 1. The number of hydrogen-bond acceptors (Lipinski definition) is 6. The van der Waals surface area contributed by atoms with E-state index >= 15 is 0 Å². The van der Waals surface area contributed by atoms with Gasteiger partial charge >= 0.3 is 6.18 Å². The SMILES string of the molecule is COc1c(NN)ncnc1Oc1cccc(C(F)(F)F)c1. The van der Waals surface area contributed by atoms with Gasteiger partial charge in [0, 0.05) is 0 Å². The van der Waals surface area contributed by atoms with Crippen molar-refractivity contribution in [1.82, 2.24) is 9.97 Å². The summed E-state index contributed by atoms with van der Waals surface area (Å²) in [5.41, 5.74) is 1.44. The van der Waals surface area contributed by atoms with E-state index in [9.17, 15) is 13.2 Å². The molecule has 21 heavy (non-hydrogen) atoms. The molecule has 0 spiro atoms. The number of aromatic nitrogens is 2. The predicted molar refractivity (Wildman–Crippen MR) is 67.9 cm³/mol. The van der Waals surface area contributed by atoms with Crippen molar-refractivity contribution in [3.63, 3.8) is 0 Å². The van der Waals surface area contributed by atoms with Crippen LogP contribution in [0.5, 0.6) is 17.4 Å². The molecule has 9 heteroatoms. The first kappa shape index (κ1) is 14.9. The quantitative estimate of drug-likeness (QED) is 0.667. The third kappa shape index (κ3) is 3.31. The Kier molecular flexibility index (Phi) is 4.13. The second kappa shape index (κ2) is 5.83. The average molecular weight is 300 g/mol. The number of nitrogens with zero attached hydrogens (tertiary/aromatic N) is 2. The molecule has 1 aromatic heterocycles. The van der Waals surface area contributed by atoms with Crippen LogP contribution in [0, 0.1) is 0 Å². The van der Waals surface area contributed by atoms with E-state index in [0.717, 1.165) is 18.5 Å². The number of rotatable bonds is 4. The Morgan fingerprint density at radius 1 is 1.24 bits per heavy atom.